The van der Waals surface area contributed by atoms with Crippen molar-refractivity contribution >= 4 is 11.9 Å². The maximum absolute atomic E-state index is 11.4. The molecule has 1 amide bonds. The van der Waals surface area contributed by atoms with Crippen LogP contribution in [0.2, 0.25) is 0 Å². The van der Waals surface area contributed by atoms with Crippen molar-refractivity contribution in [2.45, 2.75) is 19.8 Å². The van der Waals surface area contributed by atoms with Crippen molar-refractivity contribution < 1.29 is 19.1 Å². The van der Waals surface area contributed by atoms with Gasteiger partial charge in [-0.15, -0.1) is 0 Å². The van der Waals surface area contributed by atoms with Crippen molar-refractivity contribution in [1.82, 2.24) is 4.90 Å². The molecule has 5 heteroatoms. The summed E-state index contributed by atoms with van der Waals surface area (Å²) >= 11 is 0. The second kappa shape index (κ2) is 8.23. The van der Waals surface area contributed by atoms with Crippen LogP contribution >= 0.6 is 0 Å². The Morgan fingerprint density at radius 1 is 1.27 bits per heavy atom. The molecule has 0 unspecified atom stereocenters. The minimum atomic E-state index is -0.274. The predicted molar refractivity (Wildman–Crippen MR) is 55.4 cm³/mol. The maximum Gasteiger partial charge on any atom is 0.307 e. The van der Waals surface area contributed by atoms with Gasteiger partial charge >= 0.3 is 5.97 Å². The highest BCUT2D eigenvalue weighted by Crippen LogP contribution is 1.95. The summed E-state index contributed by atoms with van der Waals surface area (Å²) < 4.78 is 9.54. The highest BCUT2D eigenvalue weighted by Gasteiger charge is 2.10. The molecule has 0 radical (unpaired) electrons. The molecule has 5 nitrogen and oxygen atoms in total. The fraction of sp³-hybridized carbons (Fsp3) is 0.800. The fourth-order valence-electron chi connectivity index (χ4n) is 0.997. The monoisotopic (exact) mass is 217 g/mol. The zero-order valence-electron chi connectivity index (χ0n) is 9.62. The second-order valence-electron chi connectivity index (χ2n) is 3.11. The topological polar surface area (TPSA) is 55.8 Å². The molecular formula is C10H19NO4. The van der Waals surface area contributed by atoms with Crippen LogP contribution in [0.4, 0.5) is 0 Å². The molecule has 0 aliphatic carbocycles. The minimum Gasteiger partial charge on any atom is -0.466 e. The predicted octanol–water partition coefficient (Wildman–Crippen LogP) is 0.435. The van der Waals surface area contributed by atoms with E-state index >= 15 is 0 Å². The van der Waals surface area contributed by atoms with E-state index < -0.39 is 0 Å². The van der Waals surface area contributed by atoms with E-state index in [-0.39, 0.29) is 18.3 Å². The Bertz CT molecular complexity index is 206. The number of esters is 1. The van der Waals surface area contributed by atoms with Gasteiger partial charge in [0.2, 0.25) is 5.91 Å². The van der Waals surface area contributed by atoms with Gasteiger partial charge in [-0.2, -0.15) is 0 Å². The van der Waals surface area contributed by atoms with Gasteiger partial charge in [0.15, 0.2) is 0 Å². The molecular weight excluding hydrogens is 198 g/mol. The lowest BCUT2D eigenvalue weighted by atomic mass is 10.3. The summed E-state index contributed by atoms with van der Waals surface area (Å²) in [7, 11) is 3.21. The van der Waals surface area contributed by atoms with Gasteiger partial charge in [-0.25, -0.2) is 0 Å². The molecule has 0 fully saturated rings. The van der Waals surface area contributed by atoms with Gasteiger partial charge in [-0.3, -0.25) is 9.59 Å². The van der Waals surface area contributed by atoms with E-state index in [1.165, 1.54) is 4.90 Å². The normalized spacial score (nSPS) is 9.80. The summed E-state index contributed by atoms with van der Waals surface area (Å²) in [5.74, 6) is -0.301. The zero-order chi connectivity index (χ0) is 11.7. The highest BCUT2D eigenvalue weighted by molar-refractivity contribution is 5.77. The number of nitrogens with zero attached hydrogens (tertiary/aromatic N) is 1. The van der Waals surface area contributed by atoms with Crippen LogP contribution in [0.5, 0.6) is 0 Å². The van der Waals surface area contributed by atoms with Crippen molar-refractivity contribution in [3.63, 3.8) is 0 Å². The van der Waals surface area contributed by atoms with Crippen molar-refractivity contribution in [2.24, 2.45) is 0 Å². The van der Waals surface area contributed by atoms with Gasteiger partial charge in [-0.1, -0.05) is 0 Å². The van der Waals surface area contributed by atoms with Gasteiger partial charge in [-0.05, 0) is 6.92 Å². The molecule has 0 spiro atoms. The highest BCUT2D eigenvalue weighted by atomic mass is 16.5. The molecule has 0 N–H and O–H groups in total. The van der Waals surface area contributed by atoms with Gasteiger partial charge < -0.3 is 14.4 Å². The van der Waals surface area contributed by atoms with Crippen LogP contribution in [-0.4, -0.2) is 50.7 Å². The van der Waals surface area contributed by atoms with E-state index in [0.29, 0.717) is 26.2 Å². The molecule has 0 bridgehead atoms. The molecule has 0 saturated carbocycles. The van der Waals surface area contributed by atoms with E-state index in [4.69, 9.17) is 9.47 Å². The number of rotatable bonds is 7. The molecule has 0 saturated heterocycles. The van der Waals surface area contributed by atoms with Gasteiger partial charge in [0.05, 0.1) is 26.1 Å². The first-order valence-corrected chi connectivity index (χ1v) is 5.00. The van der Waals surface area contributed by atoms with E-state index in [2.05, 4.69) is 0 Å². The summed E-state index contributed by atoms with van der Waals surface area (Å²) in [5, 5.41) is 0. The average Bonchev–Trinajstić information content (AvgIpc) is 2.22. The largest absolute Gasteiger partial charge is 0.466 e. The van der Waals surface area contributed by atoms with E-state index in [1.807, 2.05) is 0 Å². The SMILES string of the molecule is CCOC(=O)CCN(C)C(=O)CCOC. The number of carbonyl (C=O) groups excluding carboxylic acids is 2. The molecule has 88 valence electrons. The molecule has 0 aromatic carbocycles. The molecule has 15 heavy (non-hydrogen) atoms. The van der Waals surface area contributed by atoms with Crippen molar-refractivity contribution in [3.8, 4) is 0 Å². The Morgan fingerprint density at radius 3 is 2.47 bits per heavy atom. The van der Waals surface area contributed by atoms with Crippen LogP contribution in [0.1, 0.15) is 19.8 Å². The third-order valence-electron chi connectivity index (χ3n) is 1.90. The lowest BCUT2D eigenvalue weighted by Crippen LogP contribution is -2.30. The van der Waals surface area contributed by atoms with Crippen LogP contribution in [0.15, 0.2) is 0 Å². The number of hydrogen-bond donors (Lipinski definition) is 0. The third-order valence-corrected chi connectivity index (χ3v) is 1.90. The molecule has 0 aromatic rings. The number of methoxy groups -OCH3 is 1. The second-order valence-corrected chi connectivity index (χ2v) is 3.11. The number of amides is 1. The summed E-state index contributed by atoms with van der Waals surface area (Å²) in [5.41, 5.74) is 0. The molecule has 0 aliphatic rings. The quantitative estimate of drug-likeness (QED) is 0.580. The summed E-state index contributed by atoms with van der Waals surface area (Å²) in [6, 6.07) is 0. The van der Waals surface area contributed by atoms with Gasteiger partial charge in [0.25, 0.3) is 0 Å². The van der Waals surface area contributed by atoms with Gasteiger partial charge in [0.1, 0.15) is 0 Å². The lowest BCUT2D eigenvalue weighted by Gasteiger charge is -2.16. The van der Waals surface area contributed by atoms with Crippen LogP contribution in [0.25, 0.3) is 0 Å². The molecule has 0 aromatic heterocycles. The lowest BCUT2D eigenvalue weighted by molar-refractivity contribution is -0.143. The smallest absolute Gasteiger partial charge is 0.307 e. The van der Waals surface area contributed by atoms with Crippen molar-refractivity contribution in [3.05, 3.63) is 0 Å². The molecule has 0 atom stereocenters. The Balaban J connectivity index is 3.67. The number of hydrogen-bond acceptors (Lipinski definition) is 4. The third kappa shape index (κ3) is 6.90. The summed E-state index contributed by atoms with van der Waals surface area (Å²) in [6.07, 6.45) is 0.582. The van der Waals surface area contributed by atoms with E-state index in [1.54, 1.807) is 21.1 Å². The average molecular weight is 217 g/mol. The Morgan fingerprint density at radius 2 is 1.93 bits per heavy atom. The number of ether oxygens (including phenoxy) is 2. The van der Waals surface area contributed by atoms with E-state index in [9.17, 15) is 9.59 Å². The van der Waals surface area contributed by atoms with Crippen molar-refractivity contribution in [1.29, 1.82) is 0 Å². The summed E-state index contributed by atoms with van der Waals surface area (Å²) in [4.78, 5) is 23.9. The molecule has 0 aliphatic heterocycles. The molecule has 0 rings (SSSR count). The van der Waals surface area contributed by atoms with Crippen LogP contribution < -0.4 is 0 Å². The Hall–Kier alpha value is -1.10. The maximum atomic E-state index is 11.4. The first-order valence-electron chi connectivity index (χ1n) is 5.00. The van der Waals surface area contributed by atoms with Crippen LogP contribution in [0, 0.1) is 0 Å². The minimum absolute atomic E-state index is 0.0267. The Kier molecular flexibility index (Phi) is 7.62. The fourth-order valence-corrected chi connectivity index (χ4v) is 0.997. The first kappa shape index (κ1) is 13.9. The first-order chi connectivity index (χ1) is 7.11. The zero-order valence-corrected chi connectivity index (χ0v) is 9.62. The number of carbonyl (C=O) groups is 2. The Labute approximate surface area is 90.3 Å². The summed E-state index contributed by atoms with van der Waals surface area (Å²) in [6.45, 7) is 2.93. The van der Waals surface area contributed by atoms with Crippen LogP contribution in [0.3, 0.4) is 0 Å². The van der Waals surface area contributed by atoms with Gasteiger partial charge in [0, 0.05) is 20.7 Å². The molecule has 0 heterocycles. The van der Waals surface area contributed by atoms with Crippen LogP contribution in [-0.2, 0) is 19.1 Å². The van der Waals surface area contributed by atoms with E-state index in [0.717, 1.165) is 0 Å². The standard InChI is InChI=1S/C10H19NO4/c1-4-15-10(13)5-7-11(2)9(12)6-8-14-3/h4-8H2,1-3H3. The van der Waals surface area contributed by atoms with Crippen molar-refractivity contribution in [2.75, 3.05) is 33.9 Å².